The number of benzene rings is 1. The van der Waals surface area contributed by atoms with Crippen LogP contribution in [-0.2, 0) is 0 Å². The number of halogens is 2. The van der Waals surface area contributed by atoms with Gasteiger partial charge in [-0.25, -0.2) is 0 Å². The lowest BCUT2D eigenvalue weighted by Gasteiger charge is -2.08. The minimum absolute atomic E-state index is 0.175. The maximum absolute atomic E-state index is 11.9. The standard InChI is InChI=1S/C11H13F2NO/c1-8(7-14-2)9-3-5-10(6-4-9)15-11(12)13/h3-8,11H,1-2H3. The second kappa shape index (κ2) is 5.44. The van der Waals surface area contributed by atoms with Crippen molar-refractivity contribution in [2.45, 2.75) is 19.5 Å². The third-order valence-corrected chi connectivity index (χ3v) is 2.00. The van der Waals surface area contributed by atoms with Gasteiger partial charge in [-0.1, -0.05) is 19.1 Å². The summed E-state index contributed by atoms with van der Waals surface area (Å²) in [5.74, 6) is 0.352. The zero-order valence-electron chi connectivity index (χ0n) is 8.65. The lowest BCUT2D eigenvalue weighted by molar-refractivity contribution is -0.0498. The molecule has 15 heavy (non-hydrogen) atoms. The molecule has 2 nitrogen and oxygen atoms in total. The summed E-state index contributed by atoms with van der Waals surface area (Å²) in [6.45, 7) is -0.791. The fraction of sp³-hybridized carbons (Fsp3) is 0.364. The van der Waals surface area contributed by atoms with Crippen molar-refractivity contribution in [2.75, 3.05) is 7.05 Å². The average Bonchev–Trinajstić information content (AvgIpc) is 2.18. The van der Waals surface area contributed by atoms with E-state index in [0.29, 0.717) is 0 Å². The average molecular weight is 213 g/mol. The van der Waals surface area contributed by atoms with Gasteiger partial charge < -0.3 is 9.73 Å². The Morgan fingerprint density at radius 2 is 1.87 bits per heavy atom. The van der Waals surface area contributed by atoms with Gasteiger partial charge in [-0.15, -0.1) is 0 Å². The first-order chi connectivity index (χ1) is 7.13. The number of alkyl halides is 2. The molecule has 0 bridgehead atoms. The molecule has 1 aromatic carbocycles. The van der Waals surface area contributed by atoms with Crippen LogP contribution in [0.3, 0.4) is 0 Å². The maximum atomic E-state index is 11.9. The van der Waals surface area contributed by atoms with E-state index in [9.17, 15) is 8.78 Å². The van der Waals surface area contributed by atoms with E-state index in [-0.39, 0.29) is 11.7 Å². The molecule has 0 amide bonds. The predicted molar refractivity (Wildman–Crippen MR) is 55.9 cm³/mol. The van der Waals surface area contributed by atoms with Gasteiger partial charge in [-0.2, -0.15) is 8.78 Å². The van der Waals surface area contributed by atoms with Crippen molar-refractivity contribution in [1.29, 1.82) is 0 Å². The molecule has 0 saturated carbocycles. The topological polar surface area (TPSA) is 21.6 Å². The van der Waals surface area contributed by atoms with Gasteiger partial charge >= 0.3 is 6.61 Å². The number of hydrogen-bond acceptors (Lipinski definition) is 2. The molecule has 0 aliphatic heterocycles. The van der Waals surface area contributed by atoms with Gasteiger partial charge in [0.2, 0.25) is 0 Å². The Balaban J connectivity index is 2.71. The Hall–Kier alpha value is -1.45. The second-order valence-corrected chi connectivity index (χ2v) is 3.14. The van der Waals surface area contributed by atoms with Crippen molar-refractivity contribution in [2.24, 2.45) is 4.99 Å². The minimum atomic E-state index is -2.77. The molecule has 1 unspecified atom stereocenters. The molecular weight excluding hydrogens is 200 g/mol. The van der Waals surface area contributed by atoms with E-state index in [1.165, 1.54) is 12.1 Å². The number of rotatable bonds is 4. The van der Waals surface area contributed by atoms with Gasteiger partial charge in [0.15, 0.2) is 0 Å². The van der Waals surface area contributed by atoms with E-state index in [0.717, 1.165) is 5.56 Å². The highest BCUT2D eigenvalue weighted by atomic mass is 19.3. The van der Waals surface area contributed by atoms with Gasteiger partial charge in [-0.3, -0.25) is 0 Å². The molecule has 0 aliphatic rings. The summed E-state index contributed by atoms with van der Waals surface area (Å²) in [6, 6.07) is 6.57. The fourth-order valence-electron chi connectivity index (χ4n) is 1.26. The zero-order valence-corrected chi connectivity index (χ0v) is 8.65. The van der Waals surface area contributed by atoms with Crippen molar-refractivity contribution in [3.8, 4) is 5.75 Å². The van der Waals surface area contributed by atoms with Gasteiger partial charge in [0.25, 0.3) is 0 Å². The van der Waals surface area contributed by atoms with Crippen LogP contribution in [0.15, 0.2) is 29.3 Å². The van der Waals surface area contributed by atoms with Crippen LogP contribution < -0.4 is 4.74 Å². The van der Waals surface area contributed by atoms with Crippen molar-refractivity contribution in [1.82, 2.24) is 0 Å². The molecule has 0 heterocycles. The molecule has 0 radical (unpaired) electrons. The summed E-state index contributed by atoms with van der Waals surface area (Å²) in [7, 11) is 1.70. The Morgan fingerprint density at radius 1 is 1.27 bits per heavy atom. The molecule has 82 valence electrons. The minimum Gasteiger partial charge on any atom is -0.435 e. The number of ether oxygens (including phenoxy) is 1. The van der Waals surface area contributed by atoms with Crippen LogP contribution in [0.4, 0.5) is 8.78 Å². The molecule has 0 fully saturated rings. The SMILES string of the molecule is CN=CC(C)c1ccc(OC(F)F)cc1. The molecular formula is C11H13F2NO. The smallest absolute Gasteiger partial charge is 0.387 e. The lowest BCUT2D eigenvalue weighted by Crippen LogP contribution is -2.02. The molecule has 0 N–H and O–H groups in total. The molecule has 1 aromatic rings. The zero-order chi connectivity index (χ0) is 11.3. The molecule has 4 heteroatoms. The van der Waals surface area contributed by atoms with Crippen molar-refractivity contribution in [3.05, 3.63) is 29.8 Å². The first kappa shape index (κ1) is 11.6. The highest BCUT2D eigenvalue weighted by Crippen LogP contribution is 2.19. The van der Waals surface area contributed by atoms with Gasteiger partial charge in [0.05, 0.1) is 0 Å². The number of hydrogen-bond donors (Lipinski definition) is 0. The monoisotopic (exact) mass is 213 g/mol. The third kappa shape index (κ3) is 3.65. The first-order valence-corrected chi connectivity index (χ1v) is 4.60. The van der Waals surface area contributed by atoms with Crippen LogP contribution in [0.1, 0.15) is 18.4 Å². The van der Waals surface area contributed by atoms with Crippen LogP contribution in [0.5, 0.6) is 5.75 Å². The lowest BCUT2D eigenvalue weighted by atomic mass is 10.0. The Bertz CT molecular complexity index is 322. The summed E-state index contributed by atoms with van der Waals surface area (Å²) in [6.07, 6.45) is 1.79. The van der Waals surface area contributed by atoms with E-state index in [1.54, 1.807) is 25.4 Å². The largest absolute Gasteiger partial charge is 0.435 e. The van der Waals surface area contributed by atoms with E-state index in [2.05, 4.69) is 9.73 Å². The van der Waals surface area contributed by atoms with E-state index in [4.69, 9.17) is 0 Å². The van der Waals surface area contributed by atoms with Gasteiger partial charge in [0.1, 0.15) is 5.75 Å². The molecule has 0 aliphatic carbocycles. The highest BCUT2D eigenvalue weighted by molar-refractivity contribution is 5.67. The van der Waals surface area contributed by atoms with Crippen LogP contribution in [0, 0.1) is 0 Å². The molecule has 0 saturated heterocycles. The molecule has 0 spiro atoms. The van der Waals surface area contributed by atoms with E-state index >= 15 is 0 Å². The van der Waals surface area contributed by atoms with Crippen LogP contribution in [-0.4, -0.2) is 19.9 Å². The maximum Gasteiger partial charge on any atom is 0.387 e. The van der Waals surface area contributed by atoms with Gasteiger partial charge in [0, 0.05) is 19.2 Å². The highest BCUT2D eigenvalue weighted by Gasteiger charge is 2.05. The van der Waals surface area contributed by atoms with E-state index < -0.39 is 6.61 Å². The Morgan fingerprint density at radius 3 is 2.33 bits per heavy atom. The normalized spacial score (nSPS) is 13.4. The van der Waals surface area contributed by atoms with Crippen LogP contribution >= 0.6 is 0 Å². The first-order valence-electron chi connectivity index (χ1n) is 4.60. The van der Waals surface area contributed by atoms with Gasteiger partial charge in [-0.05, 0) is 17.7 Å². The fourth-order valence-corrected chi connectivity index (χ4v) is 1.26. The Kier molecular flexibility index (Phi) is 4.21. The molecule has 0 aromatic heterocycles. The summed E-state index contributed by atoms with van der Waals surface area (Å²) >= 11 is 0. The van der Waals surface area contributed by atoms with E-state index in [1.807, 2.05) is 6.92 Å². The summed E-state index contributed by atoms with van der Waals surface area (Å²) in [5, 5.41) is 0. The Labute approximate surface area is 87.6 Å². The number of nitrogens with zero attached hydrogens (tertiary/aromatic N) is 1. The van der Waals surface area contributed by atoms with Crippen LogP contribution in [0.25, 0.3) is 0 Å². The van der Waals surface area contributed by atoms with Crippen molar-refractivity contribution in [3.63, 3.8) is 0 Å². The van der Waals surface area contributed by atoms with Crippen LogP contribution in [0.2, 0.25) is 0 Å². The van der Waals surface area contributed by atoms with Crippen molar-refractivity contribution >= 4 is 6.21 Å². The molecule has 1 rings (SSSR count). The summed E-state index contributed by atoms with van der Waals surface area (Å²) in [5.41, 5.74) is 1.02. The summed E-state index contributed by atoms with van der Waals surface area (Å²) < 4.78 is 28.0. The quantitative estimate of drug-likeness (QED) is 0.704. The summed E-state index contributed by atoms with van der Waals surface area (Å²) in [4.78, 5) is 3.91. The second-order valence-electron chi connectivity index (χ2n) is 3.14. The number of aliphatic imine (C=N–C) groups is 1. The molecule has 1 atom stereocenters. The van der Waals surface area contributed by atoms with Crippen molar-refractivity contribution < 1.29 is 13.5 Å². The predicted octanol–water partition coefficient (Wildman–Crippen LogP) is 3.09. The third-order valence-electron chi connectivity index (χ3n) is 2.00.